The van der Waals surface area contributed by atoms with Gasteiger partial charge in [0.15, 0.2) is 5.96 Å². The molecular weight excluding hydrogens is 338 g/mol. The molecule has 0 aliphatic heterocycles. The summed E-state index contributed by atoms with van der Waals surface area (Å²) in [4.78, 5) is 4.09. The number of alkyl halides is 2. The summed E-state index contributed by atoms with van der Waals surface area (Å²) in [5, 5.41) is 9.99. The van der Waals surface area contributed by atoms with Gasteiger partial charge >= 0.3 is 6.61 Å². The number of aliphatic imine (C=N–C) groups is 1. The van der Waals surface area contributed by atoms with E-state index in [0.717, 1.165) is 6.54 Å². The molecule has 136 valence electrons. The van der Waals surface area contributed by atoms with Gasteiger partial charge in [0.05, 0.1) is 0 Å². The van der Waals surface area contributed by atoms with Crippen LogP contribution < -0.4 is 20.7 Å². The highest BCUT2D eigenvalue weighted by Crippen LogP contribution is 2.24. The van der Waals surface area contributed by atoms with Crippen LogP contribution in [0.15, 0.2) is 23.2 Å². The Bertz CT molecular complexity index is 547. The molecule has 0 radical (unpaired) electrons. The van der Waals surface area contributed by atoms with Crippen LogP contribution >= 0.6 is 11.6 Å². The van der Waals surface area contributed by atoms with Crippen LogP contribution in [0.5, 0.6) is 5.75 Å². The van der Waals surface area contributed by atoms with Crippen LogP contribution in [0.3, 0.4) is 0 Å². The zero-order valence-corrected chi connectivity index (χ0v) is 15.2. The van der Waals surface area contributed by atoms with Crippen molar-refractivity contribution in [2.75, 3.05) is 20.1 Å². The molecule has 24 heavy (non-hydrogen) atoms. The van der Waals surface area contributed by atoms with Crippen molar-refractivity contribution in [2.45, 2.75) is 39.5 Å². The Morgan fingerprint density at radius 2 is 1.96 bits per heavy atom. The second kappa shape index (κ2) is 9.64. The van der Waals surface area contributed by atoms with Crippen LogP contribution in [0, 0.1) is 0 Å². The van der Waals surface area contributed by atoms with E-state index in [2.05, 4.69) is 46.5 Å². The zero-order chi connectivity index (χ0) is 18.2. The minimum Gasteiger partial charge on any atom is -0.434 e. The van der Waals surface area contributed by atoms with E-state index >= 15 is 0 Å². The summed E-state index contributed by atoms with van der Waals surface area (Å²) in [6, 6.07) is 4.52. The van der Waals surface area contributed by atoms with Crippen LogP contribution in [-0.4, -0.2) is 38.2 Å². The molecule has 0 atom stereocenters. The number of nitrogens with zero attached hydrogens (tertiary/aromatic N) is 1. The minimum absolute atomic E-state index is 0.0426. The molecule has 0 aromatic heterocycles. The van der Waals surface area contributed by atoms with E-state index in [1.165, 1.54) is 12.1 Å². The van der Waals surface area contributed by atoms with Gasteiger partial charge in [-0.05, 0) is 39.0 Å². The molecule has 0 aliphatic carbocycles. The SMILES string of the molecule is CN=C(NCCNC(C)(C)C)NCc1cc(Cl)ccc1OC(F)F. The molecule has 0 unspecified atom stereocenters. The first kappa shape index (κ1) is 20.4. The number of nitrogens with one attached hydrogen (secondary N) is 3. The second-order valence-corrected chi connectivity index (χ2v) is 6.60. The third-order valence-electron chi connectivity index (χ3n) is 2.98. The van der Waals surface area contributed by atoms with Crippen molar-refractivity contribution in [3.8, 4) is 5.75 Å². The molecule has 0 fully saturated rings. The summed E-state index contributed by atoms with van der Waals surface area (Å²) in [5.41, 5.74) is 0.569. The van der Waals surface area contributed by atoms with Gasteiger partial charge in [0.2, 0.25) is 0 Å². The lowest BCUT2D eigenvalue weighted by Gasteiger charge is -2.21. The van der Waals surface area contributed by atoms with Crippen molar-refractivity contribution in [1.82, 2.24) is 16.0 Å². The normalized spacial score (nSPS) is 12.4. The van der Waals surface area contributed by atoms with Gasteiger partial charge in [0.1, 0.15) is 5.75 Å². The maximum absolute atomic E-state index is 12.4. The highest BCUT2D eigenvalue weighted by molar-refractivity contribution is 6.30. The predicted molar refractivity (Wildman–Crippen MR) is 94.0 cm³/mol. The highest BCUT2D eigenvalue weighted by atomic mass is 35.5. The van der Waals surface area contributed by atoms with Crippen molar-refractivity contribution < 1.29 is 13.5 Å². The molecule has 3 N–H and O–H groups in total. The molecular formula is C16H25ClF2N4O. The lowest BCUT2D eigenvalue weighted by Crippen LogP contribution is -2.44. The summed E-state index contributed by atoms with van der Waals surface area (Å²) in [7, 11) is 1.64. The number of guanidine groups is 1. The average Bonchev–Trinajstić information content (AvgIpc) is 2.47. The standard InChI is InChI=1S/C16H25ClF2N4O/c1-16(2,3)23-8-7-21-15(20-4)22-10-11-9-12(17)5-6-13(11)24-14(18)19/h5-6,9,14,23H,7-8,10H2,1-4H3,(H2,20,21,22). The summed E-state index contributed by atoms with van der Waals surface area (Å²) in [6.07, 6.45) is 0. The van der Waals surface area contributed by atoms with Crippen LogP contribution in [0.25, 0.3) is 0 Å². The number of halogens is 3. The summed E-state index contributed by atoms with van der Waals surface area (Å²) in [6.45, 7) is 5.08. The summed E-state index contributed by atoms with van der Waals surface area (Å²) in [5.74, 6) is 0.653. The van der Waals surface area contributed by atoms with Gasteiger partial charge < -0.3 is 20.7 Å². The van der Waals surface area contributed by atoms with Gasteiger partial charge in [0, 0.05) is 42.8 Å². The van der Waals surface area contributed by atoms with Crippen LogP contribution in [-0.2, 0) is 6.54 Å². The smallest absolute Gasteiger partial charge is 0.387 e. The lowest BCUT2D eigenvalue weighted by atomic mass is 10.1. The molecule has 0 spiro atoms. The second-order valence-electron chi connectivity index (χ2n) is 6.16. The Morgan fingerprint density at radius 3 is 2.54 bits per heavy atom. The summed E-state index contributed by atoms with van der Waals surface area (Å²) >= 11 is 5.92. The Hall–Kier alpha value is -1.60. The van der Waals surface area contributed by atoms with E-state index in [1.54, 1.807) is 13.1 Å². The monoisotopic (exact) mass is 362 g/mol. The van der Waals surface area contributed by atoms with Crippen molar-refractivity contribution in [1.29, 1.82) is 0 Å². The minimum atomic E-state index is -2.88. The molecule has 0 bridgehead atoms. The molecule has 1 aromatic carbocycles. The number of rotatable bonds is 7. The van der Waals surface area contributed by atoms with Crippen LogP contribution in [0.2, 0.25) is 5.02 Å². The summed E-state index contributed by atoms with van der Waals surface area (Å²) < 4.78 is 29.4. The maximum atomic E-state index is 12.4. The number of benzene rings is 1. The topological polar surface area (TPSA) is 57.7 Å². The van der Waals surface area contributed by atoms with E-state index in [9.17, 15) is 8.78 Å². The van der Waals surface area contributed by atoms with Gasteiger partial charge in [-0.15, -0.1) is 0 Å². The van der Waals surface area contributed by atoms with Crippen molar-refractivity contribution in [3.63, 3.8) is 0 Å². The fraction of sp³-hybridized carbons (Fsp3) is 0.562. The lowest BCUT2D eigenvalue weighted by molar-refractivity contribution is -0.0504. The van der Waals surface area contributed by atoms with E-state index in [4.69, 9.17) is 11.6 Å². The molecule has 5 nitrogen and oxygen atoms in total. The quantitative estimate of drug-likeness (QED) is 0.396. The number of ether oxygens (including phenoxy) is 1. The van der Waals surface area contributed by atoms with Gasteiger partial charge in [-0.25, -0.2) is 0 Å². The van der Waals surface area contributed by atoms with Gasteiger partial charge in [-0.1, -0.05) is 11.6 Å². The zero-order valence-electron chi connectivity index (χ0n) is 14.4. The highest BCUT2D eigenvalue weighted by Gasteiger charge is 2.11. The first-order valence-corrected chi connectivity index (χ1v) is 8.02. The Kier molecular flexibility index (Phi) is 8.21. The molecule has 0 heterocycles. The Balaban J connectivity index is 2.55. The molecule has 0 saturated carbocycles. The van der Waals surface area contributed by atoms with Gasteiger partial charge in [0.25, 0.3) is 0 Å². The first-order valence-electron chi connectivity index (χ1n) is 7.64. The van der Waals surface area contributed by atoms with Crippen LogP contribution in [0.4, 0.5) is 8.78 Å². The molecule has 0 aliphatic rings. The van der Waals surface area contributed by atoms with Crippen molar-refractivity contribution in [2.24, 2.45) is 4.99 Å². The van der Waals surface area contributed by atoms with E-state index in [1.807, 2.05) is 0 Å². The van der Waals surface area contributed by atoms with Crippen molar-refractivity contribution >= 4 is 17.6 Å². The predicted octanol–water partition coefficient (Wildman–Crippen LogP) is 2.99. The van der Waals surface area contributed by atoms with E-state index in [0.29, 0.717) is 23.1 Å². The van der Waals surface area contributed by atoms with Gasteiger partial charge in [-0.3, -0.25) is 4.99 Å². The van der Waals surface area contributed by atoms with Crippen molar-refractivity contribution in [3.05, 3.63) is 28.8 Å². The van der Waals surface area contributed by atoms with Gasteiger partial charge in [-0.2, -0.15) is 8.78 Å². The fourth-order valence-electron chi connectivity index (χ4n) is 1.92. The number of hydrogen-bond donors (Lipinski definition) is 3. The Labute approximate surface area is 146 Å². The molecule has 1 rings (SSSR count). The average molecular weight is 363 g/mol. The molecule has 0 amide bonds. The fourth-order valence-corrected chi connectivity index (χ4v) is 2.11. The van der Waals surface area contributed by atoms with Crippen LogP contribution in [0.1, 0.15) is 26.3 Å². The largest absolute Gasteiger partial charge is 0.434 e. The maximum Gasteiger partial charge on any atom is 0.387 e. The first-order chi connectivity index (χ1) is 11.2. The molecule has 1 aromatic rings. The van der Waals surface area contributed by atoms with E-state index in [-0.39, 0.29) is 17.8 Å². The third-order valence-corrected chi connectivity index (χ3v) is 3.22. The molecule has 0 saturated heterocycles. The van der Waals surface area contributed by atoms with E-state index < -0.39 is 6.61 Å². The Morgan fingerprint density at radius 1 is 1.25 bits per heavy atom. The molecule has 8 heteroatoms. The number of hydrogen-bond acceptors (Lipinski definition) is 3. The third kappa shape index (κ3) is 8.31.